The molecule has 0 N–H and O–H groups in total. The molecule has 1 spiro atoms. The summed E-state index contributed by atoms with van der Waals surface area (Å²) < 4.78 is 6.20. The van der Waals surface area contributed by atoms with Gasteiger partial charge < -0.3 is 9.64 Å². The van der Waals surface area contributed by atoms with Crippen molar-refractivity contribution in [2.45, 2.75) is 45.8 Å². The Labute approximate surface area is 145 Å². The van der Waals surface area contributed by atoms with Crippen LogP contribution in [-0.2, 0) is 16.1 Å². The van der Waals surface area contributed by atoms with Crippen molar-refractivity contribution in [3.8, 4) is 0 Å². The number of morpholine rings is 1. The van der Waals surface area contributed by atoms with E-state index < -0.39 is 0 Å². The molecule has 2 aliphatic heterocycles. The fraction of sp³-hybridized carbons (Fsp3) is 0.684. The summed E-state index contributed by atoms with van der Waals surface area (Å²) in [6.07, 6.45) is 2.06. The molecule has 2 aliphatic rings. The smallest absolute Gasteiger partial charge is 0.225 e. The van der Waals surface area contributed by atoms with E-state index in [2.05, 4.69) is 22.0 Å². The number of hydrogen-bond donors (Lipinski definition) is 0. The van der Waals surface area contributed by atoms with E-state index in [0.717, 1.165) is 63.6 Å². The highest BCUT2D eigenvalue weighted by Gasteiger charge is 2.42. The Morgan fingerprint density at radius 1 is 1.33 bits per heavy atom. The Bertz CT molecular complexity index is 586. The monoisotopic (exact) mass is 331 g/mol. The molecule has 3 rings (SSSR count). The predicted molar refractivity (Wildman–Crippen MR) is 93.6 cm³/mol. The third-order valence-corrected chi connectivity index (χ3v) is 5.00. The van der Waals surface area contributed by atoms with E-state index in [9.17, 15) is 4.79 Å². The van der Waals surface area contributed by atoms with Crippen molar-refractivity contribution in [2.75, 3.05) is 32.8 Å². The predicted octanol–water partition coefficient (Wildman–Crippen LogP) is 2.24. The molecule has 0 aliphatic carbocycles. The largest absolute Gasteiger partial charge is 0.370 e. The Morgan fingerprint density at radius 2 is 2.17 bits per heavy atom. The molecular weight excluding hydrogens is 302 g/mol. The van der Waals surface area contributed by atoms with Crippen LogP contribution in [0.15, 0.2) is 18.2 Å². The first-order chi connectivity index (χ1) is 11.5. The third-order valence-electron chi connectivity index (χ3n) is 5.00. The Kier molecular flexibility index (Phi) is 5.21. The van der Waals surface area contributed by atoms with E-state index in [1.807, 2.05) is 31.7 Å². The van der Waals surface area contributed by atoms with E-state index >= 15 is 0 Å². The molecule has 0 saturated carbocycles. The van der Waals surface area contributed by atoms with Gasteiger partial charge in [0.25, 0.3) is 0 Å². The van der Waals surface area contributed by atoms with Crippen LogP contribution < -0.4 is 0 Å². The molecule has 24 heavy (non-hydrogen) atoms. The minimum Gasteiger partial charge on any atom is -0.370 e. The number of rotatable bonds is 3. The SMILES string of the molecule is Cc1cccc(CN2CCO[C@@]3(CCCN(C(=O)C(C)C)C3)C2)n1. The van der Waals surface area contributed by atoms with Gasteiger partial charge in [-0.15, -0.1) is 0 Å². The third kappa shape index (κ3) is 3.95. The lowest BCUT2D eigenvalue weighted by molar-refractivity contribution is -0.160. The van der Waals surface area contributed by atoms with Gasteiger partial charge in [0.1, 0.15) is 0 Å². The van der Waals surface area contributed by atoms with Gasteiger partial charge >= 0.3 is 0 Å². The number of hydrogen-bond acceptors (Lipinski definition) is 4. The van der Waals surface area contributed by atoms with Crippen molar-refractivity contribution >= 4 is 5.91 Å². The van der Waals surface area contributed by atoms with Crippen LogP contribution in [0.3, 0.4) is 0 Å². The highest BCUT2D eigenvalue weighted by Crippen LogP contribution is 2.30. The van der Waals surface area contributed by atoms with Gasteiger partial charge in [-0.25, -0.2) is 0 Å². The Hall–Kier alpha value is -1.46. The van der Waals surface area contributed by atoms with Gasteiger partial charge in [-0.1, -0.05) is 19.9 Å². The van der Waals surface area contributed by atoms with Gasteiger partial charge in [-0.2, -0.15) is 0 Å². The zero-order chi connectivity index (χ0) is 17.2. The minimum atomic E-state index is -0.203. The summed E-state index contributed by atoms with van der Waals surface area (Å²) in [6.45, 7) is 11.0. The number of aromatic nitrogens is 1. The number of amides is 1. The second-order valence-electron chi connectivity index (χ2n) is 7.53. The quantitative estimate of drug-likeness (QED) is 0.852. The topological polar surface area (TPSA) is 45.7 Å². The second-order valence-corrected chi connectivity index (χ2v) is 7.53. The van der Waals surface area contributed by atoms with Crippen molar-refractivity contribution in [1.82, 2.24) is 14.8 Å². The fourth-order valence-corrected chi connectivity index (χ4v) is 3.87. The summed E-state index contributed by atoms with van der Waals surface area (Å²) in [5, 5.41) is 0. The molecule has 5 nitrogen and oxygen atoms in total. The average molecular weight is 331 g/mol. The minimum absolute atomic E-state index is 0.0522. The first-order valence-electron chi connectivity index (χ1n) is 9.05. The highest BCUT2D eigenvalue weighted by atomic mass is 16.5. The maximum atomic E-state index is 12.4. The van der Waals surface area contributed by atoms with Crippen LogP contribution in [0.25, 0.3) is 0 Å². The van der Waals surface area contributed by atoms with Gasteiger partial charge in [0, 0.05) is 37.8 Å². The molecule has 3 heterocycles. The number of ether oxygens (including phenoxy) is 1. The van der Waals surface area contributed by atoms with Gasteiger partial charge in [0.15, 0.2) is 0 Å². The molecule has 0 aromatic carbocycles. The number of likely N-dealkylation sites (tertiary alicyclic amines) is 1. The second kappa shape index (κ2) is 7.19. The van der Waals surface area contributed by atoms with Gasteiger partial charge in [0.2, 0.25) is 5.91 Å². The highest BCUT2D eigenvalue weighted by molar-refractivity contribution is 5.78. The van der Waals surface area contributed by atoms with Crippen LogP contribution in [0.1, 0.15) is 38.1 Å². The number of carbonyl (C=O) groups is 1. The summed E-state index contributed by atoms with van der Waals surface area (Å²) in [5.74, 6) is 0.298. The number of piperidine rings is 1. The zero-order valence-corrected chi connectivity index (χ0v) is 15.1. The van der Waals surface area contributed by atoms with Gasteiger partial charge in [0.05, 0.1) is 24.4 Å². The van der Waals surface area contributed by atoms with Gasteiger partial charge in [-0.3, -0.25) is 14.7 Å². The summed E-state index contributed by atoms with van der Waals surface area (Å²) >= 11 is 0. The first-order valence-corrected chi connectivity index (χ1v) is 9.05. The van der Waals surface area contributed by atoms with E-state index in [-0.39, 0.29) is 17.4 Å². The van der Waals surface area contributed by atoms with Gasteiger partial charge in [-0.05, 0) is 31.9 Å². The van der Waals surface area contributed by atoms with Crippen molar-refractivity contribution in [2.24, 2.45) is 5.92 Å². The van der Waals surface area contributed by atoms with Crippen molar-refractivity contribution in [3.63, 3.8) is 0 Å². The van der Waals surface area contributed by atoms with Crippen molar-refractivity contribution in [1.29, 1.82) is 0 Å². The molecule has 132 valence electrons. The molecule has 2 saturated heterocycles. The van der Waals surface area contributed by atoms with Crippen LogP contribution in [0.2, 0.25) is 0 Å². The van der Waals surface area contributed by atoms with Crippen LogP contribution in [0, 0.1) is 12.8 Å². The summed E-state index contributed by atoms with van der Waals surface area (Å²) in [5.41, 5.74) is 1.96. The standard InChI is InChI=1S/C19H29N3O2/c1-15(2)18(23)22-9-5-8-19(14-22)13-21(10-11-24-19)12-17-7-4-6-16(3)20-17/h4,6-7,15H,5,8-14H2,1-3H3/t19-/m0/s1. The number of aryl methyl sites for hydroxylation is 1. The van der Waals surface area contributed by atoms with Crippen molar-refractivity contribution in [3.05, 3.63) is 29.6 Å². The molecular formula is C19H29N3O2. The summed E-state index contributed by atoms with van der Waals surface area (Å²) in [7, 11) is 0. The van der Waals surface area contributed by atoms with Crippen LogP contribution in [0.4, 0.5) is 0 Å². The molecule has 1 aromatic rings. The first kappa shape index (κ1) is 17.4. The molecule has 0 unspecified atom stereocenters. The normalized spacial score (nSPS) is 25.4. The lowest BCUT2D eigenvalue weighted by Gasteiger charge is -2.48. The fourth-order valence-electron chi connectivity index (χ4n) is 3.87. The summed E-state index contributed by atoms with van der Waals surface area (Å²) in [4.78, 5) is 21.4. The maximum absolute atomic E-state index is 12.4. The lowest BCUT2D eigenvalue weighted by Crippen LogP contribution is -2.60. The summed E-state index contributed by atoms with van der Waals surface area (Å²) in [6, 6.07) is 6.18. The Morgan fingerprint density at radius 3 is 2.92 bits per heavy atom. The van der Waals surface area contributed by atoms with Crippen LogP contribution >= 0.6 is 0 Å². The average Bonchev–Trinajstić information content (AvgIpc) is 2.54. The Balaban J connectivity index is 1.66. The van der Waals surface area contributed by atoms with Crippen LogP contribution in [0.5, 0.6) is 0 Å². The molecule has 2 fully saturated rings. The maximum Gasteiger partial charge on any atom is 0.225 e. The molecule has 1 amide bonds. The molecule has 5 heteroatoms. The number of pyridine rings is 1. The van der Waals surface area contributed by atoms with Crippen molar-refractivity contribution < 1.29 is 9.53 Å². The van der Waals surface area contributed by atoms with E-state index in [4.69, 9.17) is 4.74 Å². The van der Waals surface area contributed by atoms with E-state index in [1.165, 1.54) is 0 Å². The number of carbonyl (C=O) groups excluding carboxylic acids is 1. The lowest BCUT2D eigenvalue weighted by atomic mass is 9.90. The zero-order valence-electron chi connectivity index (χ0n) is 15.1. The molecule has 1 atom stereocenters. The van der Waals surface area contributed by atoms with E-state index in [1.54, 1.807) is 0 Å². The molecule has 1 aromatic heterocycles. The van der Waals surface area contributed by atoms with Crippen LogP contribution in [-0.4, -0.2) is 59.1 Å². The number of nitrogens with zero attached hydrogens (tertiary/aromatic N) is 3. The molecule has 0 radical (unpaired) electrons. The van der Waals surface area contributed by atoms with E-state index in [0.29, 0.717) is 0 Å². The molecule has 0 bridgehead atoms.